The maximum Gasteiger partial charge on any atom is 0.261 e. The summed E-state index contributed by atoms with van der Waals surface area (Å²) in [6.45, 7) is 7.68. The number of nitrogens with one attached hydrogen (secondary N) is 2. The molecule has 0 heterocycles. The molecule has 140 valence electrons. The molecule has 0 saturated heterocycles. The largest absolute Gasteiger partial charge is 0.350 e. The van der Waals surface area contributed by atoms with Crippen molar-refractivity contribution in [2.45, 2.75) is 45.1 Å². The van der Waals surface area contributed by atoms with Crippen LogP contribution in [-0.4, -0.2) is 20.4 Å². The van der Waals surface area contributed by atoms with E-state index in [1.165, 1.54) is 18.2 Å². The first-order valence-electron chi connectivity index (χ1n) is 8.34. The Balaban J connectivity index is 2.33. The Bertz CT molecular complexity index is 926. The highest BCUT2D eigenvalue weighted by atomic mass is 35.5. The highest BCUT2D eigenvalue weighted by Gasteiger charge is 2.20. The highest BCUT2D eigenvalue weighted by molar-refractivity contribution is 7.92. The number of amides is 1. The Labute approximate surface area is 159 Å². The van der Waals surface area contributed by atoms with Crippen LogP contribution in [0, 0.1) is 13.8 Å². The van der Waals surface area contributed by atoms with Gasteiger partial charge < -0.3 is 5.32 Å². The maximum absolute atomic E-state index is 12.7. The number of hydrogen-bond donors (Lipinski definition) is 2. The molecule has 0 aliphatic heterocycles. The van der Waals surface area contributed by atoms with Crippen molar-refractivity contribution >= 4 is 33.2 Å². The van der Waals surface area contributed by atoms with Crippen molar-refractivity contribution in [2.75, 3.05) is 4.72 Å². The summed E-state index contributed by atoms with van der Waals surface area (Å²) in [5.74, 6) is -0.396. The van der Waals surface area contributed by atoms with Gasteiger partial charge in [-0.1, -0.05) is 24.6 Å². The molecular formula is C19H23ClN2O3S. The van der Waals surface area contributed by atoms with Crippen molar-refractivity contribution < 1.29 is 13.2 Å². The van der Waals surface area contributed by atoms with Crippen LogP contribution in [0.25, 0.3) is 0 Å². The Morgan fingerprint density at radius 1 is 1.12 bits per heavy atom. The zero-order valence-electron chi connectivity index (χ0n) is 15.3. The summed E-state index contributed by atoms with van der Waals surface area (Å²) >= 11 is 6.09. The van der Waals surface area contributed by atoms with Crippen LogP contribution in [0.2, 0.25) is 5.02 Å². The SMILES string of the molecule is CC[C@@H](C)NC(=O)c1cc(S(=O)(=O)Nc2ccc(C)c(C)c2)ccc1Cl. The second kappa shape index (κ2) is 8.10. The van der Waals surface area contributed by atoms with Crippen LogP contribution >= 0.6 is 11.6 Å². The van der Waals surface area contributed by atoms with Crippen molar-refractivity contribution in [3.05, 3.63) is 58.1 Å². The molecule has 0 aromatic heterocycles. The van der Waals surface area contributed by atoms with Gasteiger partial charge in [0.1, 0.15) is 0 Å². The minimum Gasteiger partial charge on any atom is -0.350 e. The first-order valence-corrected chi connectivity index (χ1v) is 10.2. The summed E-state index contributed by atoms with van der Waals surface area (Å²) in [6, 6.07) is 9.37. The maximum atomic E-state index is 12.7. The molecule has 0 bridgehead atoms. The van der Waals surface area contributed by atoms with Crippen LogP contribution in [0.3, 0.4) is 0 Å². The minimum atomic E-state index is -3.84. The average molecular weight is 395 g/mol. The van der Waals surface area contributed by atoms with E-state index in [0.717, 1.165) is 17.5 Å². The molecule has 0 unspecified atom stereocenters. The monoisotopic (exact) mass is 394 g/mol. The third-order valence-electron chi connectivity index (χ3n) is 4.24. The van der Waals surface area contributed by atoms with Gasteiger partial charge in [-0.15, -0.1) is 0 Å². The molecule has 1 amide bonds. The van der Waals surface area contributed by atoms with E-state index in [-0.39, 0.29) is 21.5 Å². The number of halogens is 1. The number of benzene rings is 2. The third-order valence-corrected chi connectivity index (χ3v) is 5.95. The topological polar surface area (TPSA) is 75.3 Å². The lowest BCUT2D eigenvalue weighted by atomic mass is 10.1. The lowest BCUT2D eigenvalue weighted by molar-refractivity contribution is 0.0939. The zero-order valence-corrected chi connectivity index (χ0v) is 16.8. The first-order chi connectivity index (χ1) is 12.1. The summed E-state index contributed by atoms with van der Waals surface area (Å²) < 4.78 is 27.9. The standard InChI is InChI=1S/C19H23ClN2O3S/c1-5-14(4)21-19(23)17-11-16(8-9-18(17)20)26(24,25)22-15-7-6-12(2)13(3)10-15/h6-11,14,22H,5H2,1-4H3,(H,21,23)/t14-/m1/s1. The number of aryl methyl sites for hydroxylation is 2. The van der Waals surface area contributed by atoms with E-state index in [4.69, 9.17) is 11.6 Å². The normalized spacial score (nSPS) is 12.5. The van der Waals surface area contributed by atoms with E-state index in [2.05, 4.69) is 10.0 Å². The van der Waals surface area contributed by atoms with Crippen LogP contribution < -0.4 is 10.0 Å². The molecular weight excluding hydrogens is 372 g/mol. The Morgan fingerprint density at radius 3 is 2.42 bits per heavy atom. The van der Waals surface area contributed by atoms with Gasteiger partial charge in [0.2, 0.25) is 0 Å². The first kappa shape index (κ1) is 20.3. The molecule has 0 saturated carbocycles. The summed E-state index contributed by atoms with van der Waals surface area (Å²) in [7, 11) is -3.84. The van der Waals surface area contributed by atoms with Crippen LogP contribution in [0.4, 0.5) is 5.69 Å². The Morgan fingerprint density at radius 2 is 1.81 bits per heavy atom. The molecule has 0 fully saturated rings. The second-order valence-electron chi connectivity index (χ2n) is 6.33. The van der Waals surface area contributed by atoms with Gasteiger partial charge in [-0.25, -0.2) is 8.42 Å². The second-order valence-corrected chi connectivity index (χ2v) is 8.42. The molecule has 0 aliphatic carbocycles. The minimum absolute atomic E-state index is 0.0190. The highest BCUT2D eigenvalue weighted by Crippen LogP contribution is 2.23. The fraction of sp³-hybridized carbons (Fsp3) is 0.316. The smallest absolute Gasteiger partial charge is 0.261 e. The number of sulfonamides is 1. The summed E-state index contributed by atoms with van der Waals surface area (Å²) in [5, 5.41) is 2.99. The predicted molar refractivity (Wildman–Crippen MR) is 105 cm³/mol. The van der Waals surface area contributed by atoms with Crippen molar-refractivity contribution in [3.63, 3.8) is 0 Å². The van der Waals surface area contributed by atoms with E-state index >= 15 is 0 Å². The summed E-state index contributed by atoms with van der Waals surface area (Å²) in [6.07, 6.45) is 0.760. The van der Waals surface area contributed by atoms with Gasteiger partial charge in [-0.05, 0) is 68.7 Å². The molecule has 2 aromatic rings. The molecule has 1 atom stereocenters. The lowest BCUT2D eigenvalue weighted by Crippen LogP contribution is -2.32. The van der Waals surface area contributed by atoms with Gasteiger partial charge >= 0.3 is 0 Å². The van der Waals surface area contributed by atoms with Crippen molar-refractivity contribution in [2.24, 2.45) is 0 Å². The van der Waals surface area contributed by atoms with E-state index in [0.29, 0.717) is 5.69 Å². The Hall–Kier alpha value is -2.05. The molecule has 0 spiro atoms. The predicted octanol–water partition coefficient (Wildman–Crippen LogP) is 4.29. The fourth-order valence-electron chi connectivity index (χ4n) is 2.27. The quantitative estimate of drug-likeness (QED) is 0.767. The summed E-state index contributed by atoms with van der Waals surface area (Å²) in [5.41, 5.74) is 2.65. The van der Waals surface area contributed by atoms with Gasteiger partial charge in [0.25, 0.3) is 15.9 Å². The zero-order chi connectivity index (χ0) is 19.5. The number of anilines is 1. The lowest BCUT2D eigenvalue weighted by Gasteiger charge is -2.14. The van der Waals surface area contributed by atoms with Crippen molar-refractivity contribution in [3.8, 4) is 0 Å². The van der Waals surface area contributed by atoms with E-state index in [1.54, 1.807) is 12.1 Å². The Kier molecular flexibility index (Phi) is 6.31. The molecule has 2 rings (SSSR count). The average Bonchev–Trinajstić information content (AvgIpc) is 2.57. The molecule has 2 N–H and O–H groups in total. The van der Waals surface area contributed by atoms with Gasteiger partial charge in [-0.3, -0.25) is 9.52 Å². The van der Waals surface area contributed by atoms with Crippen LogP contribution in [0.5, 0.6) is 0 Å². The van der Waals surface area contributed by atoms with Crippen molar-refractivity contribution in [1.29, 1.82) is 0 Å². The van der Waals surface area contributed by atoms with Crippen LogP contribution in [0.15, 0.2) is 41.3 Å². The molecule has 5 nitrogen and oxygen atoms in total. The molecule has 0 radical (unpaired) electrons. The number of carbonyl (C=O) groups excluding carboxylic acids is 1. The molecule has 2 aromatic carbocycles. The molecule has 26 heavy (non-hydrogen) atoms. The van der Waals surface area contributed by atoms with Gasteiger partial charge in [0, 0.05) is 11.7 Å². The van der Waals surface area contributed by atoms with Crippen molar-refractivity contribution in [1.82, 2.24) is 5.32 Å². The van der Waals surface area contributed by atoms with Gasteiger partial charge in [0.05, 0.1) is 15.5 Å². The van der Waals surface area contributed by atoms with Gasteiger partial charge in [-0.2, -0.15) is 0 Å². The molecule has 7 heteroatoms. The van der Waals surface area contributed by atoms with E-state index in [1.807, 2.05) is 33.8 Å². The summed E-state index contributed by atoms with van der Waals surface area (Å²) in [4.78, 5) is 12.3. The van der Waals surface area contributed by atoms with Crippen LogP contribution in [-0.2, 0) is 10.0 Å². The third kappa shape index (κ3) is 4.77. The van der Waals surface area contributed by atoms with E-state index < -0.39 is 15.9 Å². The number of rotatable bonds is 6. The number of carbonyl (C=O) groups is 1. The fourth-order valence-corrected chi connectivity index (χ4v) is 3.55. The van der Waals surface area contributed by atoms with Crippen LogP contribution in [0.1, 0.15) is 41.8 Å². The number of hydrogen-bond acceptors (Lipinski definition) is 3. The molecule has 0 aliphatic rings. The van der Waals surface area contributed by atoms with Gasteiger partial charge in [0.15, 0.2) is 0 Å². The van der Waals surface area contributed by atoms with E-state index in [9.17, 15) is 13.2 Å².